The number of pyridine rings is 1. The summed E-state index contributed by atoms with van der Waals surface area (Å²) in [5.74, 6) is 0.294. The van der Waals surface area contributed by atoms with Gasteiger partial charge in [0.05, 0.1) is 17.8 Å². The molecule has 0 bridgehead atoms. The van der Waals surface area contributed by atoms with Crippen molar-refractivity contribution in [2.45, 2.75) is 25.4 Å². The Morgan fingerprint density at radius 2 is 1.72 bits per heavy atom. The molecule has 0 aliphatic heterocycles. The van der Waals surface area contributed by atoms with E-state index in [1.165, 1.54) is 4.90 Å². The lowest BCUT2D eigenvalue weighted by molar-refractivity contribution is -0.129. The van der Waals surface area contributed by atoms with Gasteiger partial charge in [-0.3, -0.25) is 14.3 Å². The molecule has 2 amide bonds. The highest BCUT2D eigenvalue weighted by atomic mass is 16.2. The number of hydrogen-bond donors (Lipinski definition) is 2. The second-order valence-electron chi connectivity index (χ2n) is 9.52. The molecule has 0 fully saturated rings. The van der Waals surface area contributed by atoms with E-state index in [0.29, 0.717) is 17.9 Å². The number of carbonyl (C=O) groups excluding carboxylic acids is 2. The van der Waals surface area contributed by atoms with Crippen LogP contribution < -0.4 is 10.6 Å². The first-order chi connectivity index (χ1) is 18.8. The fourth-order valence-electron chi connectivity index (χ4n) is 4.02. The van der Waals surface area contributed by atoms with E-state index in [2.05, 4.69) is 33.7 Å². The molecule has 0 unspecified atom stereocenters. The first-order valence-electron chi connectivity index (χ1n) is 12.6. The fraction of sp³-hybridized carbons (Fsp3) is 0.233. The number of amides is 2. The molecule has 0 saturated heterocycles. The van der Waals surface area contributed by atoms with Crippen LogP contribution in [0.25, 0.3) is 11.1 Å². The highest BCUT2D eigenvalue weighted by Gasteiger charge is 2.22. The summed E-state index contributed by atoms with van der Waals surface area (Å²) < 4.78 is 1.59. The van der Waals surface area contributed by atoms with Crippen LogP contribution in [-0.2, 0) is 16.1 Å². The van der Waals surface area contributed by atoms with E-state index in [1.807, 2.05) is 48.5 Å². The average Bonchev–Trinajstić information content (AvgIpc) is 3.42. The van der Waals surface area contributed by atoms with Crippen LogP contribution in [0.4, 0.5) is 5.82 Å². The van der Waals surface area contributed by atoms with E-state index in [-0.39, 0.29) is 24.3 Å². The van der Waals surface area contributed by atoms with E-state index < -0.39 is 6.04 Å². The molecule has 0 radical (unpaired) electrons. The molecule has 39 heavy (non-hydrogen) atoms. The van der Waals surface area contributed by atoms with Crippen LogP contribution in [0, 0.1) is 11.3 Å². The third-order valence-corrected chi connectivity index (χ3v) is 6.41. The number of nitriles is 1. The number of hydrogen-bond acceptors (Lipinski definition) is 6. The smallest absolute Gasteiger partial charge is 0.247 e. The Balaban J connectivity index is 1.42. The molecule has 2 aromatic heterocycles. The molecular formula is C30H31N7O2. The largest absolute Gasteiger partial charge is 0.347 e. The zero-order chi connectivity index (χ0) is 27.8. The van der Waals surface area contributed by atoms with E-state index in [0.717, 1.165) is 22.3 Å². The fourth-order valence-corrected chi connectivity index (χ4v) is 4.02. The predicted molar refractivity (Wildman–Crippen MR) is 150 cm³/mol. The quantitative estimate of drug-likeness (QED) is 0.326. The number of aromatic nitrogens is 3. The standard InChI is InChI=1S/C30H31N7O2/c1-21(23-11-9-22(15-31)10-12-23)16-33-29(24-7-5-4-6-8-24)30(39)35-27-14-13-25(17-32-27)26-18-34-37(19-26)20-28(38)36(2)3/h4-14,17-19,21,29,33H,16,20H2,1-3H3,(H,32,35,39)/t21-,29-/m0/s1. The van der Waals surface area contributed by atoms with Crippen molar-refractivity contribution in [3.63, 3.8) is 0 Å². The first kappa shape index (κ1) is 27.2. The molecule has 2 heterocycles. The van der Waals surface area contributed by atoms with Crippen molar-refractivity contribution in [2.24, 2.45) is 0 Å². The Morgan fingerprint density at radius 3 is 2.36 bits per heavy atom. The molecule has 9 nitrogen and oxygen atoms in total. The van der Waals surface area contributed by atoms with Crippen LogP contribution in [-0.4, -0.2) is 52.1 Å². The van der Waals surface area contributed by atoms with Crippen molar-refractivity contribution in [3.05, 3.63) is 102 Å². The molecule has 4 aromatic rings. The van der Waals surface area contributed by atoms with Gasteiger partial charge in [-0.2, -0.15) is 10.4 Å². The third-order valence-electron chi connectivity index (χ3n) is 6.41. The minimum absolute atomic E-state index is 0.0475. The number of nitrogens with one attached hydrogen (secondary N) is 2. The maximum atomic E-state index is 13.4. The molecule has 9 heteroatoms. The highest BCUT2D eigenvalue weighted by Crippen LogP contribution is 2.22. The van der Waals surface area contributed by atoms with Gasteiger partial charge >= 0.3 is 0 Å². The van der Waals surface area contributed by atoms with Crippen molar-refractivity contribution in [2.75, 3.05) is 26.0 Å². The van der Waals surface area contributed by atoms with Crippen molar-refractivity contribution >= 4 is 17.6 Å². The minimum Gasteiger partial charge on any atom is -0.347 e. The summed E-state index contributed by atoms with van der Waals surface area (Å²) in [5, 5.41) is 19.6. The molecule has 0 aliphatic carbocycles. The van der Waals surface area contributed by atoms with E-state index in [9.17, 15) is 9.59 Å². The van der Waals surface area contributed by atoms with Crippen molar-refractivity contribution in [1.29, 1.82) is 5.26 Å². The summed E-state index contributed by atoms with van der Waals surface area (Å²) in [6.45, 7) is 2.80. The number of likely N-dealkylation sites (N-methyl/N-ethyl adjacent to an activating group) is 1. The molecule has 0 saturated carbocycles. The van der Waals surface area contributed by atoms with Crippen LogP contribution in [0.15, 0.2) is 85.3 Å². The number of benzene rings is 2. The van der Waals surface area contributed by atoms with Gasteiger partial charge < -0.3 is 15.5 Å². The summed E-state index contributed by atoms with van der Waals surface area (Å²) in [6, 6.07) is 22.2. The molecule has 2 N–H and O–H groups in total. The zero-order valence-corrected chi connectivity index (χ0v) is 22.2. The third kappa shape index (κ3) is 7.15. The topological polar surface area (TPSA) is 116 Å². The number of anilines is 1. The lowest BCUT2D eigenvalue weighted by atomic mass is 9.98. The molecule has 0 aliphatic rings. The summed E-state index contributed by atoms with van der Waals surface area (Å²) in [7, 11) is 3.41. The second kappa shape index (κ2) is 12.6. The van der Waals surface area contributed by atoms with E-state index >= 15 is 0 Å². The number of nitrogens with zero attached hydrogens (tertiary/aromatic N) is 5. The Morgan fingerprint density at radius 1 is 0.974 bits per heavy atom. The van der Waals surface area contributed by atoms with E-state index in [1.54, 1.807) is 55.6 Å². The summed E-state index contributed by atoms with van der Waals surface area (Å²) >= 11 is 0. The molecular weight excluding hydrogens is 490 g/mol. The van der Waals surface area contributed by atoms with Gasteiger partial charge in [0.25, 0.3) is 0 Å². The molecule has 2 aromatic carbocycles. The second-order valence-corrected chi connectivity index (χ2v) is 9.52. The lowest BCUT2D eigenvalue weighted by Gasteiger charge is -2.21. The van der Waals surface area contributed by atoms with E-state index in [4.69, 9.17) is 5.26 Å². The van der Waals surface area contributed by atoms with Crippen LogP contribution in [0.2, 0.25) is 0 Å². The average molecular weight is 522 g/mol. The SMILES string of the molecule is C[C@@H](CN[C@H](C(=O)Nc1ccc(-c2cnn(CC(=O)N(C)C)c2)cn1)c1ccccc1)c1ccc(C#N)cc1. The predicted octanol–water partition coefficient (Wildman–Crippen LogP) is 3.98. The summed E-state index contributed by atoms with van der Waals surface area (Å²) in [5.41, 5.74) is 4.20. The van der Waals surface area contributed by atoms with Gasteiger partial charge in [0, 0.05) is 44.2 Å². The highest BCUT2D eigenvalue weighted by molar-refractivity contribution is 5.95. The Labute approximate surface area is 228 Å². The molecule has 198 valence electrons. The van der Waals surface area contributed by atoms with Crippen LogP contribution in [0.5, 0.6) is 0 Å². The Bertz CT molecular complexity index is 1440. The minimum atomic E-state index is -0.582. The van der Waals surface area contributed by atoms with Gasteiger partial charge in [-0.15, -0.1) is 0 Å². The van der Waals surface area contributed by atoms with Gasteiger partial charge in [-0.25, -0.2) is 4.98 Å². The van der Waals surface area contributed by atoms with Crippen molar-refractivity contribution < 1.29 is 9.59 Å². The molecule has 2 atom stereocenters. The van der Waals surface area contributed by atoms with Gasteiger partial charge in [-0.05, 0) is 41.3 Å². The Kier molecular flexibility index (Phi) is 8.82. The normalized spacial score (nSPS) is 12.3. The van der Waals surface area contributed by atoms with Gasteiger partial charge in [0.1, 0.15) is 18.4 Å². The lowest BCUT2D eigenvalue weighted by Crippen LogP contribution is -2.35. The van der Waals surface area contributed by atoms with Gasteiger partial charge in [0.2, 0.25) is 11.8 Å². The monoisotopic (exact) mass is 521 g/mol. The first-order valence-corrected chi connectivity index (χ1v) is 12.6. The van der Waals surface area contributed by atoms with Crippen molar-refractivity contribution in [3.8, 4) is 17.2 Å². The summed E-state index contributed by atoms with van der Waals surface area (Å²) in [4.78, 5) is 31.3. The number of carbonyl (C=O) groups is 2. The van der Waals surface area contributed by atoms with Crippen LogP contribution >= 0.6 is 0 Å². The Hall–Kier alpha value is -4.81. The van der Waals surface area contributed by atoms with Gasteiger partial charge in [-0.1, -0.05) is 49.4 Å². The van der Waals surface area contributed by atoms with Crippen LogP contribution in [0.3, 0.4) is 0 Å². The van der Waals surface area contributed by atoms with Crippen LogP contribution in [0.1, 0.15) is 35.6 Å². The van der Waals surface area contributed by atoms with Crippen molar-refractivity contribution in [1.82, 2.24) is 25.0 Å². The molecule has 0 spiro atoms. The maximum absolute atomic E-state index is 13.4. The molecule has 4 rings (SSSR count). The zero-order valence-electron chi connectivity index (χ0n) is 22.2. The summed E-state index contributed by atoms with van der Waals surface area (Å²) in [6.07, 6.45) is 5.15. The van der Waals surface area contributed by atoms with Gasteiger partial charge in [0.15, 0.2) is 0 Å². The number of rotatable bonds is 10. The maximum Gasteiger partial charge on any atom is 0.247 e.